The minimum Gasteiger partial charge on any atom is -0.383 e. The monoisotopic (exact) mass is 265 g/mol. The van der Waals surface area contributed by atoms with E-state index in [-0.39, 0.29) is 5.91 Å². The molecule has 1 aromatic heterocycles. The van der Waals surface area contributed by atoms with E-state index in [9.17, 15) is 4.79 Å². The minimum atomic E-state index is -0.0296. The average Bonchev–Trinajstić information content (AvgIpc) is 3.07. The lowest BCUT2D eigenvalue weighted by Gasteiger charge is -2.26. The van der Waals surface area contributed by atoms with Gasteiger partial charge in [0.05, 0.1) is 18.8 Å². The van der Waals surface area contributed by atoms with Gasteiger partial charge in [0.1, 0.15) is 0 Å². The van der Waals surface area contributed by atoms with Crippen LogP contribution in [0, 0.1) is 0 Å². The van der Waals surface area contributed by atoms with Crippen LogP contribution in [0.25, 0.3) is 0 Å². The van der Waals surface area contributed by atoms with Gasteiger partial charge in [-0.1, -0.05) is 5.21 Å². The largest absolute Gasteiger partial charge is 0.383 e. The predicted octanol–water partition coefficient (Wildman–Crippen LogP) is -0.327. The molecule has 0 unspecified atom stereocenters. The molecule has 19 heavy (non-hydrogen) atoms. The Balaban J connectivity index is 1.68. The molecular weight excluding hydrogens is 246 g/mol. The summed E-state index contributed by atoms with van der Waals surface area (Å²) >= 11 is 0. The normalized spacial score (nSPS) is 19.2. The van der Waals surface area contributed by atoms with Crippen LogP contribution in [-0.2, 0) is 4.74 Å². The van der Waals surface area contributed by atoms with Crippen LogP contribution in [-0.4, -0.2) is 65.2 Å². The first-order valence-electron chi connectivity index (χ1n) is 6.72. The average molecular weight is 265 g/mol. The van der Waals surface area contributed by atoms with Crippen molar-refractivity contribution in [3.8, 4) is 0 Å². The summed E-state index contributed by atoms with van der Waals surface area (Å²) in [5.41, 5.74) is 0.440. The summed E-state index contributed by atoms with van der Waals surface area (Å²) in [4.78, 5) is 14.3. The summed E-state index contributed by atoms with van der Waals surface area (Å²) in [5.74, 6) is -0.0296. The fraction of sp³-hybridized carbons (Fsp3) is 0.750. The number of methoxy groups -OCH3 is 1. The first kappa shape index (κ1) is 12.6. The van der Waals surface area contributed by atoms with Crippen LogP contribution in [0.4, 0.5) is 0 Å². The van der Waals surface area contributed by atoms with Crippen molar-refractivity contribution < 1.29 is 9.53 Å². The Bertz CT molecular complexity index is 453. The zero-order valence-corrected chi connectivity index (χ0v) is 11.1. The minimum absolute atomic E-state index is 0.0296. The van der Waals surface area contributed by atoms with Crippen molar-refractivity contribution in [3.63, 3.8) is 0 Å². The predicted molar refractivity (Wildman–Crippen MR) is 67.9 cm³/mol. The maximum atomic E-state index is 12.4. The van der Waals surface area contributed by atoms with Gasteiger partial charge in [0.25, 0.3) is 5.91 Å². The molecule has 0 bridgehead atoms. The molecule has 1 aromatic rings. The molecule has 104 valence electrons. The highest BCUT2D eigenvalue weighted by molar-refractivity contribution is 5.92. The first-order chi connectivity index (χ1) is 9.29. The van der Waals surface area contributed by atoms with Crippen molar-refractivity contribution in [3.05, 3.63) is 11.9 Å². The highest BCUT2D eigenvalue weighted by Gasteiger charge is 2.34. The summed E-state index contributed by atoms with van der Waals surface area (Å²) in [5, 5.41) is 11.2. The van der Waals surface area contributed by atoms with E-state index in [1.807, 2.05) is 4.90 Å². The van der Waals surface area contributed by atoms with Gasteiger partial charge < -0.3 is 15.0 Å². The molecule has 7 heteroatoms. The molecule has 1 aliphatic heterocycles. The summed E-state index contributed by atoms with van der Waals surface area (Å²) in [6.07, 6.45) is 3.92. The maximum Gasteiger partial charge on any atom is 0.276 e. The van der Waals surface area contributed by atoms with Gasteiger partial charge in [-0.25, -0.2) is 4.68 Å². The number of rotatable bonds is 6. The zero-order valence-electron chi connectivity index (χ0n) is 11.1. The number of carbonyl (C=O) groups is 1. The molecular formula is C12H19N5O2. The van der Waals surface area contributed by atoms with Crippen molar-refractivity contribution in [1.29, 1.82) is 0 Å². The Hall–Kier alpha value is -1.47. The Morgan fingerprint density at radius 2 is 2.37 bits per heavy atom. The molecule has 0 spiro atoms. The lowest BCUT2D eigenvalue weighted by molar-refractivity contribution is 0.0674. The number of amides is 1. The molecule has 1 aliphatic carbocycles. The summed E-state index contributed by atoms with van der Waals surface area (Å²) in [7, 11) is 1.65. The van der Waals surface area contributed by atoms with Crippen molar-refractivity contribution in [2.75, 3.05) is 33.4 Å². The Kier molecular flexibility index (Phi) is 3.48. The number of nitrogens with one attached hydrogen (secondary N) is 1. The van der Waals surface area contributed by atoms with E-state index in [2.05, 4.69) is 15.6 Å². The molecule has 2 heterocycles. The van der Waals surface area contributed by atoms with Crippen LogP contribution in [0.5, 0.6) is 0 Å². The number of hydrogen-bond donors (Lipinski definition) is 1. The first-order valence-corrected chi connectivity index (χ1v) is 6.72. The van der Waals surface area contributed by atoms with Gasteiger partial charge in [0.15, 0.2) is 5.69 Å². The van der Waals surface area contributed by atoms with Crippen LogP contribution in [0.3, 0.4) is 0 Å². The Morgan fingerprint density at radius 1 is 1.58 bits per heavy atom. The van der Waals surface area contributed by atoms with Crippen LogP contribution in [0.2, 0.25) is 0 Å². The van der Waals surface area contributed by atoms with Gasteiger partial charge in [-0.15, -0.1) is 5.10 Å². The molecule has 0 aromatic carbocycles. The number of nitrogens with zero attached hydrogens (tertiary/aromatic N) is 4. The molecule has 1 amide bonds. The van der Waals surface area contributed by atoms with Gasteiger partial charge >= 0.3 is 0 Å². The third kappa shape index (κ3) is 2.62. The van der Waals surface area contributed by atoms with Crippen LogP contribution >= 0.6 is 0 Å². The maximum absolute atomic E-state index is 12.4. The lowest BCUT2D eigenvalue weighted by Crippen LogP contribution is -2.43. The fourth-order valence-electron chi connectivity index (χ4n) is 2.19. The van der Waals surface area contributed by atoms with Gasteiger partial charge in [0.2, 0.25) is 0 Å². The summed E-state index contributed by atoms with van der Waals surface area (Å²) in [6, 6.07) is 0.695. The highest BCUT2D eigenvalue weighted by Crippen LogP contribution is 2.27. The second kappa shape index (κ2) is 5.26. The molecule has 2 fully saturated rings. The Labute approximate surface area is 111 Å². The highest BCUT2D eigenvalue weighted by atomic mass is 16.5. The van der Waals surface area contributed by atoms with E-state index < -0.39 is 0 Å². The van der Waals surface area contributed by atoms with Gasteiger partial charge in [-0.3, -0.25) is 4.79 Å². The fourth-order valence-corrected chi connectivity index (χ4v) is 2.19. The quantitative estimate of drug-likeness (QED) is 0.763. The molecule has 0 radical (unpaired) electrons. The lowest BCUT2D eigenvalue weighted by atomic mass is 10.2. The van der Waals surface area contributed by atoms with Crippen LogP contribution in [0.1, 0.15) is 29.4 Å². The van der Waals surface area contributed by atoms with E-state index >= 15 is 0 Å². The van der Waals surface area contributed by atoms with E-state index in [1.165, 1.54) is 0 Å². The van der Waals surface area contributed by atoms with E-state index in [0.717, 1.165) is 25.9 Å². The third-order valence-corrected chi connectivity index (χ3v) is 3.65. The Morgan fingerprint density at radius 3 is 2.95 bits per heavy atom. The standard InChI is InChI=1S/C12H19N5O2/c1-19-5-4-16(9-2-3-9)12(18)11-8-17(15-14-11)10-6-13-7-10/h8-10,13H,2-7H2,1H3. The van der Waals surface area contributed by atoms with Gasteiger partial charge in [-0.2, -0.15) is 0 Å². The van der Waals surface area contributed by atoms with Crippen molar-refractivity contribution in [1.82, 2.24) is 25.2 Å². The third-order valence-electron chi connectivity index (χ3n) is 3.65. The molecule has 1 N–H and O–H groups in total. The molecule has 0 atom stereocenters. The molecule has 1 saturated heterocycles. The smallest absolute Gasteiger partial charge is 0.276 e. The molecule has 1 saturated carbocycles. The van der Waals surface area contributed by atoms with Crippen molar-refractivity contribution in [2.45, 2.75) is 24.9 Å². The van der Waals surface area contributed by atoms with Crippen molar-refractivity contribution >= 4 is 5.91 Å². The number of carbonyl (C=O) groups excluding carboxylic acids is 1. The number of hydrogen-bond acceptors (Lipinski definition) is 5. The number of aromatic nitrogens is 3. The second-order valence-electron chi connectivity index (χ2n) is 5.12. The van der Waals surface area contributed by atoms with E-state index in [0.29, 0.717) is 30.9 Å². The van der Waals surface area contributed by atoms with Crippen LogP contribution in [0.15, 0.2) is 6.20 Å². The summed E-state index contributed by atoms with van der Waals surface area (Å²) in [6.45, 7) is 2.97. The number of ether oxygens (including phenoxy) is 1. The van der Waals surface area contributed by atoms with Crippen molar-refractivity contribution in [2.24, 2.45) is 0 Å². The molecule has 7 nitrogen and oxygen atoms in total. The van der Waals surface area contributed by atoms with E-state index in [4.69, 9.17) is 4.74 Å². The SMILES string of the molecule is COCCN(C(=O)c1cn(C2CNC2)nn1)C1CC1. The summed E-state index contributed by atoms with van der Waals surface area (Å²) < 4.78 is 6.85. The van der Waals surface area contributed by atoms with Gasteiger partial charge in [-0.05, 0) is 12.8 Å². The second-order valence-corrected chi connectivity index (χ2v) is 5.12. The topological polar surface area (TPSA) is 72.3 Å². The molecule has 2 aliphatic rings. The van der Waals surface area contributed by atoms with E-state index in [1.54, 1.807) is 18.0 Å². The van der Waals surface area contributed by atoms with Gasteiger partial charge in [0, 0.05) is 32.8 Å². The molecule has 3 rings (SSSR count). The zero-order chi connectivity index (χ0) is 13.2. The van der Waals surface area contributed by atoms with Crippen LogP contribution < -0.4 is 5.32 Å².